The molecule has 0 radical (unpaired) electrons. The quantitative estimate of drug-likeness (QED) is 0.921. The molecule has 128 valence electrons. The van der Waals surface area contributed by atoms with Crippen LogP contribution in [-0.2, 0) is 17.4 Å². The third-order valence-corrected chi connectivity index (χ3v) is 4.42. The first-order valence-corrected chi connectivity index (χ1v) is 7.92. The Labute approximate surface area is 134 Å². The Bertz CT molecular complexity index is 539. The van der Waals surface area contributed by atoms with Gasteiger partial charge >= 0.3 is 6.18 Å². The molecule has 1 atom stereocenters. The second-order valence-electron chi connectivity index (χ2n) is 6.23. The molecule has 1 aliphatic rings. The van der Waals surface area contributed by atoms with Gasteiger partial charge in [0.2, 0.25) is 5.91 Å². The highest BCUT2D eigenvalue weighted by atomic mass is 19.4. The number of hydrogen-bond donors (Lipinski definition) is 1. The van der Waals surface area contributed by atoms with Gasteiger partial charge in [0.1, 0.15) is 0 Å². The van der Waals surface area contributed by atoms with Gasteiger partial charge in [-0.3, -0.25) is 4.79 Å². The summed E-state index contributed by atoms with van der Waals surface area (Å²) in [4.78, 5) is 14.3. The minimum Gasteiger partial charge on any atom is -0.342 e. The zero-order chi connectivity index (χ0) is 17.0. The van der Waals surface area contributed by atoms with Crippen molar-refractivity contribution in [2.45, 2.75) is 38.4 Å². The number of carbonyl (C=O) groups excluding carboxylic acids is 1. The lowest BCUT2D eigenvalue weighted by molar-refractivity contribution is -0.137. The highest BCUT2D eigenvalue weighted by molar-refractivity contribution is 5.78. The zero-order valence-corrected chi connectivity index (χ0v) is 13.5. The lowest BCUT2D eigenvalue weighted by Gasteiger charge is -2.33. The van der Waals surface area contributed by atoms with Crippen LogP contribution < -0.4 is 5.32 Å². The maximum absolute atomic E-state index is 12.8. The summed E-state index contributed by atoms with van der Waals surface area (Å²) in [5.74, 6) is -0.340. The highest BCUT2D eigenvalue weighted by Crippen LogP contribution is 2.30. The molecule has 0 aromatic heterocycles. The average Bonchev–Trinajstić information content (AvgIpc) is 2.53. The fourth-order valence-corrected chi connectivity index (χ4v) is 3.04. The molecule has 1 aromatic carbocycles. The van der Waals surface area contributed by atoms with E-state index in [9.17, 15) is 18.0 Å². The maximum Gasteiger partial charge on any atom is 0.416 e. The standard InChI is InChI=1S/C17H23F3N2O/c1-12(16(23)22(2)15-6-8-21-9-7-15)10-13-4-3-5-14(11-13)17(18,19)20/h3-5,11-12,15,21H,6-10H2,1-2H3. The first kappa shape index (κ1) is 17.8. The summed E-state index contributed by atoms with van der Waals surface area (Å²) >= 11 is 0. The van der Waals surface area contributed by atoms with Crippen molar-refractivity contribution in [1.29, 1.82) is 0 Å². The summed E-state index contributed by atoms with van der Waals surface area (Å²) in [6, 6.07) is 5.44. The third kappa shape index (κ3) is 4.70. The molecule has 1 N–H and O–H groups in total. The SMILES string of the molecule is CC(Cc1cccc(C(F)(F)F)c1)C(=O)N(C)C1CCNCC1. The Kier molecular flexibility index (Phi) is 5.68. The van der Waals surface area contributed by atoms with Crippen LogP contribution in [0.3, 0.4) is 0 Å². The predicted octanol–water partition coefficient (Wildman–Crippen LogP) is 3.09. The molecule has 1 amide bonds. The fourth-order valence-electron chi connectivity index (χ4n) is 3.04. The van der Waals surface area contributed by atoms with Crippen LogP contribution in [0.15, 0.2) is 24.3 Å². The second kappa shape index (κ2) is 7.34. The van der Waals surface area contributed by atoms with Gasteiger partial charge in [-0.2, -0.15) is 13.2 Å². The van der Waals surface area contributed by atoms with Crippen molar-refractivity contribution < 1.29 is 18.0 Å². The topological polar surface area (TPSA) is 32.3 Å². The summed E-state index contributed by atoms with van der Waals surface area (Å²) in [6.07, 6.45) is -2.20. The maximum atomic E-state index is 12.8. The smallest absolute Gasteiger partial charge is 0.342 e. The van der Waals surface area contributed by atoms with Crippen LogP contribution in [0, 0.1) is 5.92 Å². The molecule has 23 heavy (non-hydrogen) atoms. The van der Waals surface area contributed by atoms with Gasteiger partial charge in [0, 0.05) is 19.0 Å². The summed E-state index contributed by atoms with van der Waals surface area (Å²) in [6.45, 7) is 3.56. The van der Waals surface area contributed by atoms with E-state index < -0.39 is 11.7 Å². The van der Waals surface area contributed by atoms with E-state index in [4.69, 9.17) is 0 Å². The normalized spacial score (nSPS) is 17.8. The Morgan fingerprint density at radius 3 is 2.61 bits per heavy atom. The van der Waals surface area contributed by atoms with Crippen LogP contribution in [0.1, 0.15) is 30.9 Å². The molecule has 0 aliphatic carbocycles. The number of piperidine rings is 1. The van der Waals surface area contributed by atoms with Crippen LogP contribution in [0.2, 0.25) is 0 Å². The second-order valence-corrected chi connectivity index (χ2v) is 6.23. The summed E-state index contributed by atoms with van der Waals surface area (Å²) < 4.78 is 38.3. The van der Waals surface area contributed by atoms with E-state index >= 15 is 0 Å². The summed E-state index contributed by atoms with van der Waals surface area (Å²) in [7, 11) is 1.79. The molecule has 1 fully saturated rings. The number of amides is 1. The van der Waals surface area contributed by atoms with Crippen LogP contribution in [0.4, 0.5) is 13.2 Å². The van der Waals surface area contributed by atoms with Crippen molar-refractivity contribution in [2.75, 3.05) is 20.1 Å². The highest BCUT2D eigenvalue weighted by Gasteiger charge is 2.31. The van der Waals surface area contributed by atoms with Crippen LogP contribution in [0.5, 0.6) is 0 Å². The number of rotatable bonds is 4. The lowest BCUT2D eigenvalue weighted by Crippen LogP contribution is -2.45. The number of alkyl halides is 3. The molecular formula is C17H23F3N2O. The number of benzene rings is 1. The third-order valence-electron chi connectivity index (χ3n) is 4.42. The van der Waals surface area contributed by atoms with Gasteiger partial charge in [-0.15, -0.1) is 0 Å². The van der Waals surface area contributed by atoms with Gasteiger partial charge in [0.05, 0.1) is 5.56 Å². The first-order valence-electron chi connectivity index (χ1n) is 7.92. The van der Waals surface area contributed by atoms with Crippen molar-refractivity contribution in [1.82, 2.24) is 10.2 Å². The van der Waals surface area contributed by atoms with Gasteiger partial charge < -0.3 is 10.2 Å². The zero-order valence-electron chi connectivity index (χ0n) is 13.5. The van der Waals surface area contributed by atoms with E-state index in [0.29, 0.717) is 12.0 Å². The molecule has 6 heteroatoms. The Morgan fingerprint density at radius 2 is 2.00 bits per heavy atom. The van der Waals surface area contributed by atoms with Gasteiger partial charge in [0.25, 0.3) is 0 Å². The Balaban J connectivity index is 2.00. The molecule has 1 saturated heterocycles. The number of halogens is 3. The van der Waals surface area contributed by atoms with Crippen LogP contribution in [-0.4, -0.2) is 37.0 Å². The number of hydrogen-bond acceptors (Lipinski definition) is 2. The van der Waals surface area contributed by atoms with Crippen molar-refractivity contribution in [2.24, 2.45) is 5.92 Å². The average molecular weight is 328 g/mol. The van der Waals surface area contributed by atoms with E-state index in [0.717, 1.165) is 38.1 Å². The number of nitrogens with zero attached hydrogens (tertiary/aromatic N) is 1. The summed E-state index contributed by atoms with van der Waals surface area (Å²) in [5.41, 5.74) is -0.124. The van der Waals surface area contributed by atoms with Crippen molar-refractivity contribution >= 4 is 5.91 Å². The molecule has 0 spiro atoms. The van der Waals surface area contributed by atoms with E-state index in [-0.39, 0.29) is 17.9 Å². The first-order chi connectivity index (χ1) is 10.8. The Morgan fingerprint density at radius 1 is 1.35 bits per heavy atom. The van der Waals surface area contributed by atoms with Crippen LogP contribution in [0.25, 0.3) is 0 Å². The molecular weight excluding hydrogens is 305 g/mol. The van der Waals surface area contributed by atoms with Gasteiger partial charge in [-0.1, -0.05) is 25.1 Å². The summed E-state index contributed by atoms with van der Waals surface area (Å²) in [5, 5.41) is 3.25. The fraction of sp³-hybridized carbons (Fsp3) is 0.588. The van der Waals surface area contributed by atoms with Crippen molar-refractivity contribution in [3.8, 4) is 0 Å². The minimum atomic E-state index is -4.35. The molecule has 1 aromatic rings. The number of carbonyl (C=O) groups is 1. The lowest BCUT2D eigenvalue weighted by atomic mass is 9.96. The van der Waals surface area contributed by atoms with E-state index in [1.807, 2.05) is 0 Å². The number of nitrogens with one attached hydrogen (secondary N) is 1. The van der Waals surface area contributed by atoms with Crippen LogP contribution >= 0.6 is 0 Å². The monoisotopic (exact) mass is 328 g/mol. The van der Waals surface area contributed by atoms with Crippen molar-refractivity contribution in [3.05, 3.63) is 35.4 Å². The van der Waals surface area contributed by atoms with Gasteiger partial charge in [-0.05, 0) is 44.0 Å². The Hall–Kier alpha value is -1.56. The van der Waals surface area contributed by atoms with E-state index in [2.05, 4.69) is 5.32 Å². The molecule has 1 aliphatic heterocycles. The molecule has 1 heterocycles. The minimum absolute atomic E-state index is 0.00527. The van der Waals surface area contributed by atoms with Crippen molar-refractivity contribution in [3.63, 3.8) is 0 Å². The molecule has 0 saturated carbocycles. The molecule has 2 rings (SSSR count). The molecule has 3 nitrogen and oxygen atoms in total. The molecule has 0 bridgehead atoms. The molecule has 1 unspecified atom stereocenters. The van der Waals surface area contributed by atoms with Gasteiger partial charge in [-0.25, -0.2) is 0 Å². The van der Waals surface area contributed by atoms with E-state index in [1.54, 1.807) is 24.9 Å². The largest absolute Gasteiger partial charge is 0.416 e. The van der Waals surface area contributed by atoms with E-state index in [1.165, 1.54) is 6.07 Å². The van der Waals surface area contributed by atoms with Gasteiger partial charge in [0.15, 0.2) is 0 Å². The predicted molar refractivity (Wildman–Crippen MR) is 83.0 cm³/mol.